The first kappa shape index (κ1) is 10.5. The highest BCUT2D eigenvalue weighted by Gasteiger charge is 2.11. The van der Waals surface area contributed by atoms with Crippen molar-refractivity contribution in [1.29, 1.82) is 0 Å². The third-order valence-corrected chi connectivity index (χ3v) is 2.45. The molecule has 0 unspecified atom stereocenters. The van der Waals surface area contributed by atoms with Gasteiger partial charge in [0.2, 0.25) is 0 Å². The first-order valence-electron chi connectivity index (χ1n) is 4.37. The molecule has 0 aliphatic rings. The minimum Gasteiger partial charge on any atom is -0.330 e. The van der Waals surface area contributed by atoms with E-state index in [9.17, 15) is 0 Å². The van der Waals surface area contributed by atoms with Crippen molar-refractivity contribution in [3.63, 3.8) is 0 Å². The van der Waals surface area contributed by atoms with Crippen molar-refractivity contribution in [1.82, 2.24) is 0 Å². The van der Waals surface area contributed by atoms with E-state index in [1.807, 2.05) is 25.1 Å². The van der Waals surface area contributed by atoms with Gasteiger partial charge >= 0.3 is 0 Å². The standard InChI is InChI=1S/C10H15ClN2/c1-7-3-2-4-8(11)10(7)9(13)5-6-12/h2-4,9H,5-6,12-13H2,1H3/t9-/m1/s1. The van der Waals surface area contributed by atoms with E-state index in [1.165, 1.54) is 0 Å². The Morgan fingerprint density at radius 1 is 1.46 bits per heavy atom. The maximum Gasteiger partial charge on any atom is 0.0456 e. The molecule has 3 heteroatoms. The number of halogens is 1. The average Bonchev–Trinajstić information content (AvgIpc) is 2.04. The Hall–Kier alpha value is -0.570. The van der Waals surface area contributed by atoms with Gasteiger partial charge in [0.25, 0.3) is 0 Å². The highest BCUT2D eigenvalue weighted by atomic mass is 35.5. The van der Waals surface area contributed by atoms with Gasteiger partial charge in [-0.25, -0.2) is 0 Å². The summed E-state index contributed by atoms with van der Waals surface area (Å²) in [4.78, 5) is 0. The van der Waals surface area contributed by atoms with Gasteiger partial charge in [-0.2, -0.15) is 0 Å². The molecule has 4 N–H and O–H groups in total. The van der Waals surface area contributed by atoms with Gasteiger partial charge in [-0.15, -0.1) is 0 Å². The van der Waals surface area contributed by atoms with Gasteiger partial charge in [-0.1, -0.05) is 23.7 Å². The minimum atomic E-state index is -0.0429. The number of hydrogen-bond acceptors (Lipinski definition) is 2. The van der Waals surface area contributed by atoms with Crippen molar-refractivity contribution in [3.05, 3.63) is 34.3 Å². The summed E-state index contributed by atoms with van der Waals surface area (Å²) in [5.74, 6) is 0. The lowest BCUT2D eigenvalue weighted by molar-refractivity contribution is 0.658. The first-order valence-corrected chi connectivity index (χ1v) is 4.75. The van der Waals surface area contributed by atoms with E-state index in [2.05, 4.69) is 0 Å². The zero-order chi connectivity index (χ0) is 9.84. The average molecular weight is 199 g/mol. The molecule has 0 saturated heterocycles. The molecule has 0 bridgehead atoms. The van der Waals surface area contributed by atoms with Crippen molar-refractivity contribution in [2.75, 3.05) is 6.54 Å². The van der Waals surface area contributed by atoms with Crippen LogP contribution in [-0.4, -0.2) is 6.54 Å². The number of hydrogen-bond donors (Lipinski definition) is 2. The molecular weight excluding hydrogens is 184 g/mol. The number of nitrogens with two attached hydrogens (primary N) is 2. The Balaban J connectivity index is 2.98. The van der Waals surface area contributed by atoms with Crippen molar-refractivity contribution in [2.24, 2.45) is 11.5 Å². The van der Waals surface area contributed by atoms with E-state index in [4.69, 9.17) is 23.1 Å². The van der Waals surface area contributed by atoms with Gasteiger partial charge in [0, 0.05) is 11.1 Å². The summed E-state index contributed by atoms with van der Waals surface area (Å²) in [6.45, 7) is 2.60. The fraction of sp³-hybridized carbons (Fsp3) is 0.400. The van der Waals surface area contributed by atoms with E-state index >= 15 is 0 Å². The Morgan fingerprint density at radius 2 is 2.15 bits per heavy atom. The number of aryl methyl sites for hydroxylation is 1. The molecule has 0 aromatic heterocycles. The fourth-order valence-corrected chi connectivity index (χ4v) is 1.80. The smallest absolute Gasteiger partial charge is 0.0456 e. The molecule has 0 radical (unpaired) electrons. The summed E-state index contributed by atoms with van der Waals surface area (Å²) in [5.41, 5.74) is 13.5. The van der Waals surface area contributed by atoms with Crippen LogP contribution in [0.2, 0.25) is 5.02 Å². The van der Waals surface area contributed by atoms with Gasteiger partial charge < -0.3 is 11.5 Å². The second-order valence-electron chi connectivity index (χ2n) is 3.15. The lowest BCUT2D eigenvalue weighted by Gasteiger charge is -2.15. The molecule has 0 amide bonds. The largest absolute Gasteiger partial charge is 0.330 e. The van der Waals surface area contributed by atoms with E-state index < -0.39 is 0 Å². The van der Waals surface area contributed by atoms with Crippen LogP contribution in [0.1, 0.15) is 23.6 Å². The molecule has 0 aliphatic carbocycles. The first-order chi connectivity index (χ1) is 6.16. The van der Waals surface area contributed by atoms with E-state index in [0.717, 1.165) is 22.6 Å². The van der Waals surface area contributed by atoms with E-state index in [0.29, 0.717) is 6.54 Å². The molecule has 1 aromatic rings. The van der Waals surface area contributed by atoms with Crippen molar-refractivity contribution in [3.8, 4) is 0 Å². The van der Waals surface area contributed by atoms with Crippen LogP contribution in [0.15, 0.2) is 18.2 Å². The number of benzene rings is 1. The van der Waals surface area contributed by atoms with Crippen LogP contribution in [0.3, 0.4) is 0 Å². The topological polar surface area (TPSA) is 52.0 Å². The fourth-order valence-electron chi connectivity index (χ4n) is 1.44. The number of rotatable bonds is 3. The highest BCUT2D eigenvalue weighted by molar-refractivity contribution is 6.31. The van der Waals surface area contributed by atoms with Crippen LogP contribution in [-0.2, 0) is 0 Å². The molecule has 1 rings (SSSR count). The van der Waals surface area contributed by atoms with Gasteiger partial charge in [-0.05, 0) is 37.1 Å². The maximum atomic E-state index is 6.04. The molecule has 0 saturated carbocycles. The third-order valence-electron chi connectivity index (χ3n) is 2.12. The van der Waals surface area contributed by atoms with Crippen LogP contribution in [0, 0.1) is 6.92 Å². The second-order valence-corrected chi connectivity index (χ2v) is 3.56. The van der Waals surface area contributed by atoms with Gasteiger partial charge in [0.1, 0.15) is 0 Å². The Kier molecular flexibility index (Phi) is 3.72. The van der Waals surface area contributed by atoms with E-state index in [-0.39, 0.29) is 6.04 Å². The molecule has 0 heterocycles. The molecular formula is C10H15ClN2. The minimum absolute atomic E-state index is 0.0429. The van der Waals surface area contributed by atoms with Gasteiger partial charge in [-0.3, -0.25) is 0 Å². The Labute approximate surface area is 83.9 Å². The zero-order valence-electron chi connectivity index (χ0n) is 7.76. The van der Waals surface area contributed by atoms with Crippen molar-refractivity contribution < 1.29 is 0 Å². The normalized spacial score (nSPS) is 12.9. The molecule has 2 nitrogen and oxygen atoms in total. The van der Waals surface area contributed by atoms with Crippen molar-refractivity contribution in [2.45, 2.75) is 19.4 Å². The maximum absolute atomic E-state index is 6.04. The van der Waals surface area contributed by atoms with Crippen LogP contribution < -0.4 is 11.5 Å². The third kappa shape index (κ3) is 2.44. The molecule has 72 valence electrons. The van der Waals surface area contributed by atoms with Crippen molar-refractivity contribution >= 4 is 11.6 Å². The lowest BCUT2D eigenvalue weighted by atomic mass is 9.99. The van der Waals surface area contributed by atoms with Gasteiger partial charge in [0.15, 0.2) is 0 Å². The summed E-state index contributed by atoms with van der Waals surface area (Å²) in [6, 6.07) is 5.76. The Morgan fingerprint density at radius 3 is 2.69 bits per heavy atom. The predicted molar refractivity (Wildman–Crippen MR) is 56.8 cm³/mol. The van der Waals surface area contributed by atoms with Crippen LogP contribution in [0.25, 0.3) is 0 Å². The SMILES string of the molecule is Cc1cccc(Cl)c1[C@H](N)CCN. The zero-order valence-corrected chi connectivity index (χ0v) is 8.51. The van der Waals surface area contributed by atoms with Crippen LogP contribution >= 0.6 is 11.6 Å². The summed E-state index contributed by atoms with van der Waals surface area (Å²) < 4.78 is 0. The Bertz CT molecular complexity index is 266. The summed E-state index contributed by atoms with van der Waals surface area (Å²) in [7, 11) is 0. The lowest BCUT2D eigenvalue weighted by Crippen LogP contribution is -2.16. The molecule has 1 aromatic carbocycles. The molecule has 0 fully saturated rings. The predicted octanol–water partition coefficient (Wildman–Crippen LogP) is 2.00. The summed E-state index contributed by atoms with van der Waals surface area (Å²) in [6.07, 6.45) is 0.768. The molecule has 0 aliphatic heterocycles. The van der Waals surface area contributed by atoms with E-state index in [1.54, 1.807) is 0 Å². The highest BCUT2D eigenvalue weighted by Crippen LogP contribution is 2.26. The summed E-state index contributed by atoms with van der Waals surface area (Å²) in [5, 5.41) is 0.737. The quantitative estimate of drug-likeness (QED) is 0.781. The van der Waals surface area contributed by atoms with Crippen LogP contribution in [0.5, 0.6) is 0 Å². The van der Waals surface area contributed by atoms with Gasteiger partial charge in [0.05, 0.1) is 0 Å². The molecule has 13 heavy (non-hydrogen) atoms. The second kappa shape index (κ2) is 4.61. The van der Waals surface area contributed by atoms with Crippen LogP contribution in [0.4, 0.5) is 0 Å². The molecule has 0 spiro atoms. The summed E-state index contributed by atoms with van der Waals surface area (Å²) >= 11 is 6.04. The molecule has 1 atom stereocenters. The monoisotopic (exact) mass is 198 g/mol.